The van der Waals surface area contributed by atoms with Crippen molar-refractivity contribution < 1.29 is 9.53 Å². The highest BCUT2D eigenvalue weighted by molar-refractivity contribution is 9.10. The highest BCUT2D eigenvalue weighted by Gasteiger charge is 2.18. The lowest BCUT2D eigenvalue weighted by atomic mass is 10.1. The molecule has 3 rings (SSSR count). The summed E-state index contributed by atoms with van der Waals surface area (Å²) in [5, 5.41) is 12.2. The van der Waals surface area contributed by atoms with E-state index in [1.54, 1.807) is 6.08 Å². The molecule has 1 aliphatic rings. The van der Waals surface area contributed by atoms with E-state index in [1.165, 1.54) is 0 Å². The van der Waals surface area contributed by atoms with Gasteiger partial charge in [0.25, 0.3) is 5.91 Å². The SMILES string of the molecule is Cc1cc(/C=C(\C#N)C(=O)NC[C@@H]2CCCO2)c(C)n1-c1ccc(Br)cc1. The van der Waals surface area contributed by atoms with Crippen LogP contribution in [0, 0.1) is 25.2 Å². The predicted molar refractivity (Wildman–Crippen MR) is 109 cm³/mol. The van der Waals surface area contributed by atoms with Gasteiger partial charge in [-0.25, -0.2) is 0 Å². The van der Waals surface area contributed by atoms with Crippen molar-refractivity contribution in [3.63, 3.8) is 0 Å². The molecule has 140 valence electrons. The van der Waals surface area contributed by atoms with E-state index in [2.05, 4.69) is 25.8 Å². The van der Waals surface area contributed by atoms with Gasteiger partial charge in [-0.15, -0.1) is 0 Å². The maximum absolute atomic E-state index is 12.4. The highest BCUT2D eigenvalue weighted by Crippen LogP contribution is 2.24. The Hall–Kier alpha value is -2.36. The molecule has 2 aromatic rings. The van der Waals surface area contributed by atoms with E-state index in [9.17, 15) is 10.1 Å². The minimum atomic E-state index is -0.360. The lowest BCUT2D eigenvalue weighted by molar-refractivity contribution is -0.117. The molecule has 0 spiro atoms. The molecule has 0 radical (unpaired) electrons. The summed E-state index contributed by atoms with van der Waals surface area (Å²) in [6.45, 7) is 5.18. The summed E-state index contributed by atoms with van der Waals surface area (Å²) >= 11 is 3.45. The lowest BCUT2D eigenvalue weighted by Gasteiger charge is -2.10. The fourth-order valence-electron chi connectivity index (χ4n) is 3.33. The van der Waals surface area contributed by atoms with Gasteiger partial charge in [-0.1, -0.05) is 15.9 Å². The molecular formula is C21H22BrN3O2. The van der Waals surface area contributed by atoms with Crippen LogP contribution in [0.2, 0.25) is 0 Å². The van der Waals surface area contributed by atoms with E-state index < -0.39 is 0 Å². The van der Waals surface area contributed by atoms with Gasteiger partial charge in [0.15, 0.2) is 0 Å². The Morgan fingerprint density at radius 2 is 2.15 bits per heavy atom. The molecule has 0 bridgehead atoms. The van der Waals surface area contributed by atoms with Gasteiger partial charge in [0.05, 0.1) is 6.10 Å². The summed E-state index contributed by atoms with van der Waals surface area (Å²) in [6.07, 6.45) is 3.67. The van der Waals surface area contributed by atoms with Crippen LogP contribution >= 0.6 is 15.9 Å². The smallest absolute Gasteiger partial charge is 0.262 e. The zero-order valence-electron chi connectivity index (χ0n) is 15.5. The number of hydrogen-bond donors (Lipinski definition) is 1. The van der Waals surface area contributed by atoms with Gasteiger partial charge in [0.2, 0.25) is 0 Å². The number of carbonyl (C=O) groups is 1. The van der Waals surface area contributed by atoms with Crippen molar-refractivity contribution in [3.8, 4) is 11.8 Å². The van der Waals surface area contributed by atoms with Gasteiger partial charge in [-0.2, -0.15) is 5.26 Å². The van der Waals surface area contributed by atoms with Gasteiger partial charge in [-0.05, 0) is 68.7 Å². The molecule has 0 aliphatic carbocycles. The van der Waals surface area contributed by atoms with E-state index in [1.807, 2.05) is 50.2 Å². The molecule has 1 atom stereocenters. The first-order valence-corrected chi connectivity index (χ1v) is 9.75. The molecule has 0 unspecified atom stereocenters. The average molecular weight is 428 g/mol. The Morgan fingerprint density at radius 1 is 1.41 bits per heavy atom. The molecule has 1 aromatic heterocycles. The van der Waals surface area contributed by atoms with E-state index in [0.29, 0.717) is 6.54 Å². The fourth-order valence-corrected chi connectivity index (χ4v) is 3.60. The van der Waals surface area contributed by atoms with Crippen LogP contribution in [0.25, 0.3) is 11.8 Å². The zero-order chi connectivity index (χ0) is 19.4. The molecule has 2 heterocycles. The van der Waals surface area contributed by atoms with Crippen molar-refractivity contribution in [2.24, 2.45) is 0 Å². The van der Waals surface area contributed by atoms with Gasteiger partial charge in [-0.3, -0.25) is 4.79 Å². The van der Waals surface area contributed by atoms with Crippen molar-refractivity contribution >= 4 is 27.9 Å². The third-order valence-electron chi connectivity index (χ3n) is 4.73. The first kappa shape index (κ1) is 19.4. The molecule has 1 aromatic carbocycles. The molecule has 5 nitrogen and oxygen atoms in total. The largest absolute Gasteiger partial charge is 0.376 e. The van der Waals surface area contributed by atoms with Crippen LogP contribution in [0.3, 0.4) is 0 Å². The molecule has 1 saturated heterocycles. The molecule has 27 heavy (non-hydrogen) atoms. The third-order valence-corrected chi connectivity index (χ3v) is 5.26. The maximum atomic E-state index is 12.4. The number of aromatic nitrogens is 1. The molecule has 1 amide bonds. The van der Waals surface area contributed by atoms with E-state index >= 15 is 0 Å². The number of ether oxygens (including phenoxy) is 1. The Balaban J connectivity index is 1.82. The Bertz CT molecular complexity index is 901. The highest BCUT2D eigenvalue weighted by atomic mass is 79.9. The number of rotatable bonds is 5. The van der Waals surface area contributed by atoms with Gasteiger partial charge < -0.3 is 14.6 Å². The van der Waals surface area contributed by atoms with Crippen molar-refractivity contribution in [3.05, 3.63) is 57.3 Å². The van der Waals surface area contributed by atoms with Crippen molar-refractivity contribution in [1.29, 1.82) is 5.26 Å². The number of carbonyl (C=O) groups excluding carboxylic acids is 1. The normalized spacial score (nSPS) is 17.0. The van der Waals surface area contributed by atoms with Crippen LogP contribution in [0.15, 0.2) is 40.4 Å². The summed E-state index contributed by atoms with van der Waals surface area (Å²) in [4.78, 5) is 12.4. The summed E-state index contributed by atoms with van der Waals surface area (Å²) in [6, 6.07) is 12.0. The standard InChI is InChI=1S/C21H22BrN3O2/c1-14-10-16(15(2)25(14)19-7-5-18(22)6-8-19)11-17(12-23)21(26)24-13-20-4-3-9-27-20/h5-8,10-11,20H,3-4,9,13H2,1-2H3,(H,24,26)/b17-11+/t20-/m0/s1. The fraction of sp³-hybridized carbons (Fsp3) is 0.333. The number of halogens is 1. The van der Waals surface area contributed by atoms with E-state index in [0.717, 1.165) is 46.6 Å². The monoisotopic (exact) mass is 427 g/mol. The Morgan fingerprint density at radius 3 is 2.78 bits per heavy atom. The van der Waals surface area contributed by atoms with Crippen molar-refractivity contribution in [2.75, 3.05) is 13.2 Å². The summed E-state index contributed by atoms with van der Waals surface area (Å²) in [7, 11) is 0. The van der Waals surface area contributed by atoms with Gasteiger partial charge in [0, 0.05) is 34.7 Å². The number of aryl methyl sites for hydroxylation is 1. The average Bonchev–Trinajstić information content (AvgIpc) is 3.27. The zero-order valence-corrected chi connectivity index (χ0v) is 17.0. The molecule has 0 saturated carbocycles. The minimum absolute atomic E-state index is 0.0522. The molecule has 1 fully saturated rings. The number of benzene rings is 1. The second kappa shape index (κ2) is 8.55. The van der Waals surface area contributed by atoms with Crippen LogP contribution in [0.5, 0.6) is 0 Å². The van der Waals surface area contributed by atoms with E-state index in [-0.39, 0.29) is 17.6 Å². The number of nitrogens with one attached hydrogen (secondary N) is 1. The Kier molecular flexibility index (Phi) is 6.15. The van der Waals surface area contributed by atoms with Crippen molar-refractivity contribution in [2.45, 2.75) is 32.8 Å². The van der Waals surface area contributed by atoms with Crippen LogP contribution < -0.4 is 5.32 Å². The van der Waals surface area contributed by atoms with Crippen molar-refractivity contribution in [1.82, 2.24) is 9.88 Å². The first-order valence-electron chi connectivity index (χ1n) is 8.96. The maximum Gasteiger partial charge on any atom is 0.262 e. The molecule has 6 heteroatoms. The number of nitriles is 1. The molecule has 1 N–H and O–H groups in total. The second-order valence-corrected chi connectivity index (χ2v) is 7.57. The van der Waals surface area contributed by atoms with Crippen LogP contribution in [0.4, 0.5) is 0 Å². The third kappa shape index (κ3) is 4.49. The van der Waals surface area contributed by atoms with Crippen LogP contribution in [-0.2, 0) is 9.53 Å². The lowest BCUT2D eigenvalue weighted by Crippen LogP contribution is -2.32. The minimum Gasteiger partial charge on any atom is -0.376 e. The second-order valence-electron chi connectivity index (χ2n) is 6.65. The quantitative estimate of drug-likeness (QED) is 0.577. The summed E-state index contributed by atoms with van der Waals surface area (Å²) in [5.74, 6) is -0.360. The Labute approximate surface area is 167 Å². The topological polar surface area (TPSA) is 67.1 Å². The van der Waals surface area contributed by atoms with E-state index in [4.69, 9.17) is 4.74 Å². The van der Waals surface area contributed by atoms with Gasteiger partial charge >= 0.3 is 0 Å². The number of nitrogens with zero attached hydrogens (tertiary/aromatic N) is 2. The van der Waals surface area contributed by atoms with Crippen LogP contribution in [-0.4, -0.2) is 29.7 Å². The predicted octanol–water partition coefficient (Wildman–Crippen LogP) is 4.06. The summed E-state index contributed by atoms with van der Waals surface area (Å²) < 4.78 is 8.63. The summed E-state index contributed by atoms with van der Waals surface area (Å²) in [5.41, 5.74) is 4.02. The first-order chi connectivity index (χ1) is 13.0. The number of amides is 1. The molecule has 1 aliphatic heterocycles. The number of hydrogen-bond acceptors (Lipinski definition) is 3. The van der Waals surface area contributed by atoms with Gasteiger partial charge in [0.1, 0.15) is 11.6 Å². The molecular weight excluding hydrogens is 406 g/mol. The van der Waals surface area contributed by atoms with Crippen LogP contribution in [0.1, 0.15) is 29.8 Å².